The molecule has 0 radical (unpaired) electrons. The lowest BCUT2D eigenvalue weighted by atomic mass is 10.0. The van der Waals surface area contributed by atoms with Crippen molar-refractivity contribution in [2.75, 3.05) is 11.9 Å². The van der Waals surface area contributed by atoms with Crippen molar-refractivity contribution in [2.45, 2.75) is 25.4 Å². The smallest absolute Gasteiger partial charge is 0.370 e. The minimum absolute atomic E-state index is 0.494. The van der Waals surface area contributed by atoms with Crippen molar-refractivity contribution < 1.29 is 13.2 Å². The van der Waals surface area contributed by atoms with Crippen molar-refractivity contribution in [1.29, 1.82) is 0 Å². The normalized spacial score (nSPS) is 14.4. The van der Waals surface area contributed by atoms with E-state index in [4.69, 9.17) is 5.10 Å². The summed E-state index contributed by atoms with van der Waals surface area (Å²) < 4.78 is 42.4. The van der Waals surface area contributed by atoms with E-state index in [1.165, 1.54) is 12.1 Å². The van der Waals surface area contributed by atoms with Gasteiger partial charge in [0.15, 0.2) is 0 Å². The van der Waals surface area contributed by atoms with Crippen LogP contribution in [0.2, 0.25) is 0 Å². The van der Waals surface area contributed by atoms with Gasteiger partial charge in [-0.3, -0.25) is 0 Å². The maximum atomic E-state index is 13.2. The first-order valence-electron chi connectivity index (χ1n) is 8.73. The molecule has 7 heteroatoms. The van der Waals surface area contributed by atoms with Gasteiger partial charge in [0.2, 0.25) is 0 Å². The van der Waals surface area contributed by atoms with Crippen LogP contribution in [-0.2, 0) is 12.6 Å². The molecule has 1 aromatic heterocycles. The van der Waals surface area contributed by atoms with E-state index in [2.05, 4.69) is 27.9 Å². The van der Waals surface area contributed by atoms with Gasteiger partial charge in [0.05, 0.1) is 16.9 Å². The number of nitrogens with one attached hydrogen (secondary N) is 1. The monoisotopic (exact) mass is 483 g/mol. The number of rotatable bonds is 2. The molecule has 0 fully saturated rings. The second-order valence-corrected chi connectivity index (χ2v) is 7.77. The van der Waals surface area contributed by atoms with Gasteiger partial charge in [0.25, 0.3) is 0 Å². The Morgan fingerprint density at radius 2 is 1.81 bits per heavy atom. The fourth-order valence-electron chi connectivity index (χ4n) is 3.35. The summed E-state index contributed by atoms with van der Waals surface area (Å²) in [4.78, 5) is 0. The summed E-state index contributed by atoms with van der Waals surface area (Å²) in [5.74, 6) is 0.876. The fraction of sp³-hybridized carbons (Fsp3) is 0.250. The van der Waals surface area contributed by atoms with E-state index in [0.717, 1.165) is 52.5 Å². The van der Waals surface area contributed by atoms with Gasteiger partial charge in [-0.2, -0.15) is 18.3 Å². The summed E-state index contributed by atoms with van der Waals surface area (Å²) in [6.07, 6.45) is -1.59. The van der Waals surface area contributed by atoms with Crippen molar-refractivity contribution in [3.05, 3.63) is 63.2 Å². The molecule has 27 heavy (non-hydrogen) atoms. The fourth-order valence-corrected chi connectivity index (χ4v) is 3.71. The van der Waals surface area contributed by atoms with Gasteiger partial charge in [0, 0.05) is 21.2 Å². The molecule has 0 atom stereocenters. The second kappa shape index (κ2) is 7.18. The Bertz CT molecular complexity index is 962. The van der Waals surface area contributed by atoms with Gasteiger partial charge in [-0.25, -0.2) is 4.68 Å². The molecule has 0 spiro atoms. The molecule has 3 aromatic rings. The van der Waals surface area contributed by atoms with Crippen LogP contribution in [0.4, 0.5) is 19.0 Å². The van der Waals surface area contributed by atoms with Crippen LogP contribution in [0, 0.1) is 3.57 Å². The summed E-state index contributed by atoms with van der Waals surface area (Å²) in [5.41, 5.74) is 2.32. The number of benzene rings is 2. The third-order valence-corrected chi connectivity index (χ3v) is 5.38. The molecule has 0 saturated carbocycles. The van der Waals surface area contributed by atoms with Crippen LogP contribution in [0.15, 0.2) is 48.5 Å². The molecule has 4 rings (SSSR count). The first kappa shape index (κ1) is 18.3. The second-order valence-electron chi connectivity index (χ2n) is 6.53. The highest BCUT2D eigenvalue weighted by Gasteiger charge is 2.31. The number of hydrogen-bond acceptors (Lipinski definition) is 2. The maximum Gasteiger partial charge on any atom is 0.416 e. The number of fused-ring (bicyclic) bond motifs is 1. The zero-order valence-electron chi connectivity index (χ0n) is 14.4. The Morgan fingerprint density at radius 1 is 1.04 bits per heavy atom. The highest BCUT2D eigenvalue weighted by Crippen LogP contribution is 2.37. The minimum atomic E-state index is -4.37. The van der Waals surface area contributed by atoms with Crippen LogP contribution < -0.4 is 5.32 Å². The largest absolute Gasteiger partial charge is 0.416 e. The molecule has 140 valence electrons. The quantitative estimate of drug-likeness (QED) is 0.460. The molecule has 0 bridgehead atoms. The van der Waals surface area contributed by atoms with Crippen molar-refractivity contribution in [3.63, 3.8) is 0 Å². The van der Waals surface area contributed by atoms with Crippen LogP contribution in [0.5, 0.6) is 0 Å². The molecule has 0 saturated heterocycles. The minimum Gasteiger partial charge on any atom is -0.370 e. The Hall–Kier alpha value is -2.03. The number of nitrogens with zero attached hydrogens (tertiary/aromatic N) is 2. The SMILES string of the molecule is FC(F)(F)c1cccc(-c2nn(-c3ccc(I)cc3)c3c2CCCCN3)c1. The van der Waals surface area contributed by atoms with Crippen LogP contribution in [0.25, 0.3) is 16.9 Å². The molecular formula is C20H17F3IN3. The zero-order valence-corrected chi connectivity index (χ0v) is 16.5. The van der Waals surface area contributed by atoms with Crippen molar-refractivity contribution in [1.82, 2.24) is 9.78 Å². The average molecular weight is 483 g/mol. The van der Waals surface area contributed by atoms with Crippen LogP contribution in [-0.4, -0.2) is 16.3 Å². The molecular weight excluding hydrogens is 466 g/mol. The Labute approximate surface area is 168 Å². The summed E-state index contributed by atoms with van der Waals surface area (Å²) >= 11 is 2.24. The Kier molecular flexibility index (Phi) is 4.88. The van der Waals surface area contributed by atoms with E-state index in [1.54, 1.807) is 6.07 Å². The first-order valence-corrected chi connectivity index (χ1v) is 9.81. The lowest BCUT2D eigenvalue weighted by Crippen LogP contribution is -2.07. The standard InChI is InChI=1S/C20H17F3IN3/c21-20(22,23)14-5-3-4-13(12-14)18-17-6-1-2-11-25-19(17)27(26-18)16-9-7-15(24)8-10-16/h3-5,7-10,12,25H,1-2,6,11H2. The van der Waals surface area contributed by atoms with Crippen molar-refractivity contribution in [2.24, 2.45) is 0 Å². The molecule has 3 nitrogen and oxygen atoms in total. The van der Waals surface area contributed by atoms with Gasteiger partial charge >= 0.3 is 6.18 Å². The summed E-state index contributed by atoms with van der Waals surface area (Å²) in [7, 11) is 0. The summed E-state index contributed by atoms with van der Waals surface area (Å²) in [5, 5.41) is 8.13. The molecule has 0 aliphatic carbocycles. The van der Waals surface area contributed by atoms with E-state index in [1.807, 2.05) is 28.9 Å². The zero-order chi connectivity index (χ0) is 19.0. The van der Waals surface area contributed by atoms with E-state index in [-0.39, 0.29) is 0 Å². The third kappa shape index (κ3) is 3.69. The van der Waals surface area contributed by atoms with E-state index in [9.17, 15) is 13.2 Å². The molecule has 2 aromatic carbocycles. The van der Waals surface area contributed by atoms with E-state index in [0.29, 0.717) is 11.3 Å². The molecule has 1 aliphatic rings. The van der Waals surface area contributed by atoms with Crippen molar-refractivity contribution in [3.8, 4) is 16.9 Å². The van der Waals surface area contributed by atoms with Gasteiger partial charge in [0.1, 0.15) is 5.82 Å². The van der Waals surface area contributed by atoms with E-state index < -0.39 is 11.7 Å². The highest BCUT2D eigenvalue weighted by atomic mass is 127. The van der Waals surface area contributed by atoms with Crippen molar-refractivity contribution >= 4 is 28.4 Å². The molecule has 2 heterocycles. The topological polar surface area (TPSA) is 29.9 Å². The number of aromatic nitrogens is 2. The average Bonchev–Trinajstić information content (AvgIpc) is 2.83. The summed E-state index contributed by atoms with van der Waals surface area (Å²) in [6.45, 7) is 0.824. The van der Waals surface area contributed by atoms with Gasteiger partial charge in [-0.1, -0.05) is 12.1 Å². The predicted molar refractivity (Wildman–Crippen MR) is 108 cm³/mol. The number of halogens is 4. The first-order chi connectivity index (χ1) is 12.9. The lowest BCUT2D eigenvalue weighted by Gasteiger charge is -2.09. The Morgan fingerprint density at radius 3 is 2.56 bits per heavy atom. The molecule has 0 unspecified atom stereocenters. The molecule has 1 N–H and O–H groups in total. The third-order valence-electron chi connectivity index (χ3n) is 4.66. The van der Waals surface area contributed by atoms with Crippen LogP contribution in [0.3, 0.4) is 0 Å². The predicted octanol–water partition coefficient (Wildman–Crippen LogP) is 5.91. The lowest BCUT2D eigenvalue weighted by molar-refractivity contribution is -0.137. The summed E-state index contributed by atoms with van der Waals surface area (Å²) in [6, 6.07) is 13.3. The number of alkyl halides is 3. The number of hydrogen-bond donors (Lipinski definition) is 1. The van der Waals surface area contributed by atoms with Crippen LogP contribution in [0.1, 0.15) is 24.0 Å². The van der Waals surface area contributed by atoms with Gasteiger partial charge < -0.3 is 5.32 Å². The van der Waals surface area contributed by atoms with Crippen LogP contribution >= 0.6 is 22.6 Å². The van der Waals surface area contributed by atoms with Gasteiger partial charge in [-0.15, -0.1) is 0 Å². The maximum absolute atomic E-state index is 13.2. The number of anilines is 1. The molecule has 1 aliphatic heterocycles. The van der Waals surface area contributed by atoms with E-state index >= 15 is 0 Å². The van der Waals surface area contributed by atoms with Gasteiger partial charge in [-0.05, 0) is 78.3 Å². The highest BCUT2D eigenvalue weighted by molar-refractivity contribution is 14.1. The Balaban J connectivity index is 1.88. The molecule has 0 amide bonds.